The van der Waals surface area contributed by atoms with E-state index in [9.17, 15) is 9.59 Å². The lowest BCUT2D eigenvalue weighted by atomic mass is 10.1. The molecule has 4 aromatic rings. The summed E-state index contributed by atoms with van der Waals surface area (Å²) in [5, 5.41) is 4.35. The molecule has 0 aliphatic carbocycles. The van der Waals surface area contributed by atoms with Gasteiger partial charge in [-0.3, -0.25) is 4.79 Å². The molecule has 0 saturated heterocycles. The van der Waals surface area contributed by atoms with Gasteiger partial charge in [-0.15, -0.1) is 0 Å². The van der Waals surface area contributed by atoms with Crippen LogP contribution in [0.2, 0.25) is 5.02 Å². The first kappa shape index (κ1) is 25.5. The number of carbonyl (C=O) groups excluding carboxylic acids is 2. The van der Waals surface area contributed by atoms with Crippen LogP contribution in [0.3, 0.4) is 0 Å². The molecule has 0 saturated carbocycles. The third-order valence-corrected chi connectivity index (χ3v) is 6.70. The Balaban J connectivity index is 1.47. The van der Waals surface area contributed by atoms with Crippen LogP contribution in [0.5, 0.6) is 17.2 Å². The highest BCUT2D eigenvalue weighted by molar-refractivity contribution is 6.30. The minimum Gasteiger partial charge on any atom is -0.485 e. The van der Waals surface area contributed by atoms with E-state index in [0.29, 0.717) is 41.8 Å². The first-order valence-corrected chi connectivity index (χ1v) is 12.9. The summed E-state index contributed by atoms with van der Waals surface area (Å²) in [6.07, 6.45) is 0.570. The van der Waals surface area contributed by atoms with Crippen molar-refractivity contribution in [2.75, 3.05) is 25.0 Å². The molecular formula is C29H28ClN3O5. The minimum absolute atomic E-state index is 0.0605. The average Bonchev–Trinajstić information content (AvgIpc) is 3.34. The number of nitrogens with one attached hydrogen (secondary N) is 1. The van der Waals surface area contributed by atoms with Crippen LogP contribution < -0.4 is 19.5 Å². The van der Waals surface area contributed by atoms with Crippen molar-refractivity contribution in [3.63, 3.8) is 0 Å². The SMILES string of the molecule is CCN(CC)C(=O)Oc1ccc2c(ccn2Cc2ccc(Cl)cc2)c1NC(=O)C1COc2ccccc2O1. The number of fused-ring (bicyclic) bond motifs is 2. The van der Waals surface area contributed by atoms with Gasteiger partial charge in [-0.1, -0.05) is 35.9 Å². The summed E-state index contributed by atoms with van der Waals surface area (Å²) in [6.45, 7) is 5.43. The first-order valence-electron chi connectivity index (χ1n) is 12.5. The van der Waals surface area contributed by atoms with Crippen LogP contribution in [-0.2, 0) is 11.3 Å². The van der Waals surface area contributed by atoms with Gasteiger partial charge in [-0.2, -0.15) is 0 Å². The molecule has 1 aromatic heterocycles. The maximum Gasteiger partial charge on any atom is 0.415 e. The van der Waals surface area contributed by atoms with Gasteiger partial charge in [-0.05, 0) is 61.9 Å². The lowest BCUT2D eigenvalue weighted by Gasteiger charge is -2.26. The minimum atomic E-state index is -0.873. The lowest BCUT2D eigenvalue weighted by molar-refractivity contribution is -0.125. The zero-order valence-corrected chi connectivity index (χ0v) is 21.9. The van der Waals surface area contributed by atoms with E-state index < -0.39 is 18.1 Å². The summed E-state index contributed by atoms with van der Waals surface area (Å²) in [5.41, 5.74) is 2.33. The number of nitrogens with zero attached hydrogens (tertiary/aromatic N) is 2. The van der Waals surface area contributed by atoms with E-state index >= 15 is 0 Å². The summed E-state index contributed by atoms with van der Waals surface area (Å²) in [6, 6.07) is 20.3. The molecule has 2 amide bonds. The normalized spacial score (nSPS) is 14.2. The Morgan fingerprint density at radius 1 is 1.03 bits per heavy atom. The highest BCUT2D eigenvalue weighted by Gasteiger charge is 2.29. The molecule has 38 heavy (non-hydrogen) atoms. The molecular weight excluding hydrogens is 506 g/mol. The van der Waals surface area contributed by atoms with E-state index in [-0.39, 0.29) is 12.4 Å². The van der Waals surface area contributed by atoms with Gasteiger partial charge in [0, 0.05) is 36.2 Å². The van der Waals surface area contributed by atoms with Crippen molar-refractivity contribution in [3.05, 3.63) is 83.5 Å². The zero-order valence-electron chi connectivity index (χ0n) is 21.1. The molecule has 0 fully saturated rings. The molecule has 0 radical (unpaired) electrons. The Morgan fingerprint density at radius 2 is 1.76 bits per heavy atom. The van der Waals surface area contributed by atoms with Crippen LogP contribution in [0.25, 0.3) is 10.9 Å². The van der Waals surface area contributed by atoms with Gasteiger partial charge in [0.1, 0.15) is 6.61 Å². The Bertz CT molecular complexity index is 1460. The van der Waals surface area contributed by atoms with Gasteiger partial charge in [-0.25, -0.2) is 4.79 Å². The number of benzene rings is 3. The molecule has 5 rings (SSSR count). The molecule has 1 N–H and O–H groups in total. The van der Waals surface area contributed by atoms with E-state index in [0.717, 1.165) is 16.5 Å². The van der Waals surface area contributed by atoms with Crippen molar-refractivity contribution in [2.45, 2.75) is 26.5 Å². The summed E-state index contributed by atoms with van der Waals surface area (Å²) in [4.78, 5) is 27.7. The molecule has 1 atom stereocenters. The van der Waals surface area contributed by atoms with Crippen molar-refractivity contribution >= 4 is 40.2 Å². The van der Waals surface area contributed by atoms with Crippen LogP contribution in [0.1, 0.15) is 19.4 Å². The van der Waals surface area contributed by atoms with Gasteiger partial charge in [0.05, 0.1) is 11.2 Å². The predicted molar refractivity (Wildman–Crippen MR) is 146 cm³/mol. The van der Waals surface area contributed by atoms with E-state index in [1.54, 1.807) is 23.1 Å². The number of para-hydroxylation sites is 2. The monoisotopic (exact) mass is 533 g/mol. The number of hydrogen-bond acceptors (Lipinski definition) is 5. The van der Waals surface area contributed by atoms with Gasteiger partial charge in [0.15, 0.2) is 17.2 Å². The van der Waals surface area contributed by atoms with Crippen LogP contribution in [0.4, 0.5) is 10.5 Å². The predicted octanol–water partition coefficient (Wildman–Crippen LogP) is 5.96. The fraction of sp³-hybridized carbons (Fsp3) is 0.241. The third kappa shape index (κ3) is 5.26. The zero-order chi connectivity index (χ0) is 26.6. The molecule has 1 aliphatic heterocycles. The van der Waals surface area contributed by atoms with E-state index in [4.69, 9.17) is 25.8 Å². The molecule has 0 spiro atoms. The molecule has 8 nitrogen and oxygen atoms in total. The standard InChI is InChI=1S/C29H28ClN3O5/c1-3-32(4-2)29(35)38-25-14-13-22-21(15-16-33(22)17-19-9-11-20(30)12-10-19)27(25)31-28(34)26-18-36-23-7-5-6-8-24(23)37-26/h5-16,26H,3-4,17-18H2,1-2H3,(H,31,34). The third-order valence-electron chi connectivity index (χ3n) is 6.45. The molecule has 9 heteroatoms. The molecule has 3 aromatic carbocycles. The van der Waals surface area contributed by atoms with Crippen LogP contribution in [0.15, 0.2) is 72.9 Å². The van der Waals surface area contributed by atoms with Gasteiger partial charge < -0.3 is 29.0 Å². The highest BCUT2D eigenvalue weighted by atomic mass is 35.5. The lowest BCUT2D eigenvalue weighted by Crippen LogP contribution is -2.40. The largest absolute Gasteiger partial charge is 0.485 e. The van der Waals surface area contributed by atoms with Crippen molar-refractivity contribution < 1.29 is 23.8 Å². The number of carbonyl (C=O) groups is 2. The first-order chi connectivity index (χ1) is 18.5. The molecule has 196 valence electrons. The second kappa shape index (κ2) is 11.1. The van der Waals surface area contributed by atoms with E-state index in [2.05, 4.69) is 9.88 Å². The van der Waals surface area contributed by atoms with Gasteiger partial charge in [0.2, 0.25) is 6.10 Å². The Kier molecular flexibility index (Phi) is 7.42. The quantitative estimate of drug-likeness (QED) is 0.317. The summed E-state index contributed by atoms with van der Waals surface area (Å²) >= 11 is 6.04. The second-order valence-corrected chi connectivity index (χ2v) is 9.27. The number of aromatic nitrogens is 1. The maximum atomic E-state index is 13.3. The van der Waals surface area contributed by atoms with Crippen molar-refractivity contribution in [1.82, 2.24) is 9.47 Å². The number of ether oxygens (including phenoxy) is 3. The Hall–Kier alpha value is -4.17. The number of amides is 2. The fourth-order valence-corrected chi connectivity index (χ4v) is 4.51. The summed E-state index contributed by atoms with van der Waals surface area (Å²) in [5.74, 6) is 0.938. The van der Waals surface area contributed by atoms with Crippen LogP contribution >= 0.6 is 11.6 Å². The molecule has 1 unspecified atom stereocenters. The summed E-state index contributed by atoms with van der Waals surface area (Å²) < 4.78 is 19.4. The van der Waals surface area contributed by atoms with E-state index in [1.807, 2.05) is 68.6 Å². The topological polar surface area (TPSA) is 82.0 Å². The summed E-state index contributed by atoms with van der Waals surface area (Å²) in [7, 11) is 0. The number of hydrogen-bond donors (Lipinski definition) is 1. The Labute approximate surface area is 225 Å². The highest BCUT2D eigenvalue weighted by Crippen LogP contribution is 2.36. The Morgan fingerprint density at radius 3 is 2.50 bits per heavy atom. The van der Waals surface area contributed by atoms with Crippen molar-refractivity contribution in [3.8, 4) is 17.2 Å². The average molecular weight is 534 g/mol. The number of rotatable bonds is 7. The maximum absolute atomic E-state index is 13.3. The van der Waals surface area contributed by atoms with E-state index in [1.165, 1.54) is 0 Å². The van der Waals surface area contributed by atoms with Gasteiger partial charge >= 0.3 is 6.09 Å². The van der Waals surface area contributed by atoms with Crippen LogP contribution in [0, 0.1) is 0 Å². The number of halogens is 1. The molecule has 2 heterocycles. The smallest absolute Gasteiger partial charge is 0.415 e. The van der Waals surface area contributed by atoms with Gasteiger partial charge in [0.25, 0.3) is 5.91 Å². The number of anilines is 1. The second-order valence-electron chi connectivity index (χ2n) is 8.84. The van der Waals surface area contributed by atoms with Crippen LogP contribution in [-0.4, -0.2) is 47.3 Å². The fourth-order valence-electron chi connectivity index (χ4n) is 4.38. The van der Waals surface area contributed by atoms with Crippen molar-refractivity contribution in [2.24, 2.45) is 0 Å². The molecule has 1 aliphatic rings. The molecule has 0 bridgehead atoms. The van der Waals surface area contributed by atoms with Crippen molar-refractivity contribution in [1.29, 1.82) is 0 Å².